The zero-order valence-corrected chi connectivity index (χ0v) is 31.8. The number of nitrogens with one attached hydrogen (secondary N) is 8. The van der Waals surface area contributed by atoms with E-state index in [0.29, 0.717) is 31.2 Å². The first-order valence-electron chi connectivity index (χ1n) is 19.1. The first-order chi connectivity index (χ1) is 26.8. The lowest BCUT2D eigenvalue weighted by Gasteiger charge is -2.25. The summed E-state index contributed by atoms with van der Waals surface area (Å²) in [6.45, 7) is 0.409. The van der Waals surface area contributed by atoms with Gasteiger partial charge in [-0.3, -0.25) is 43.2 Å². The van der Waals surface area contributed by atoms with Crippen molar-refractivity contribution in [2.45, 2.75) is 108 Å². The van der Waals surface area contributed by atoms with Crippen LogP contribution in [-0.2, 0) is 49.6 Å². The van der Waals surface area contributed by atoms with Gasteiger partial charge in [0.25, 0.3) is 0 Å². The maximum atomic E-state index is 13.7. The molecule has 1 aliphatic carbocycles. The number of rotatable bonds is 9. The van der Waals surface area contributed by atoms with Gasteiger partial charge in [0.05, 0.1) is 19.5 Å². The van der Waals surface area contributed by atoms with E-state index < -0.39 is 97.0 Å². The van der Waals surface area contributed by atoms with Crippen LogP contribution in [0.1, 0.15) is 76.7 Å². The van der Waals surface area contributed by atoms with Crippen molar-refractivity contribution in [3.63, 3.8) is 0 Å². The fraction of sp³-hybridized carbons (Fsp3) is 0.595. The molecule has 1 aliphatic heterocycles. The third-order valence-electron chi connectivity index (χ3n) is 9.54. The predicted molar refractivity (Wildman–Crippen MR) is 202 cm³/mol. The van der Waals surface area contributed by atoms with Crippen LogP contribution in [0.25, 0.3) is 0 Å². The normalized spacial score (nSPS) is 24.5. The summed E-state index contributed by atoms with van der Waals surface area (Å²) in [4.78, 5) is 117. The Morgan fingerprint density at radius 3 is 2.11 bits per heavy atom. The van der Waals surface area contributed by atoms with Crippen molar-refractivity contribution >= 4 is 53.2 Å². The molecule has 1 heterocycles. The van der Waals surface area contributed by atoms with Gasteiger partial charge >= 0.3 is 0 Å². The minimum absolute atomic E-state index is 0.0118. The van der Waals surface area contributed by atoms with Gasteiger partial charge in [-0.2, -0.15) is 0 Å². The summed E-state index contributed by atoms with van der Waals surface area (Å²) in [6.07, 6.45) is 4.45. The second-order valence-electron chi connectivity index (χ2n) is 14.1. The zero-order valence-electron chi connectivity index (χ0n) is 31.8. The smallest absolute Gasteiger partial charge is 0.243 e. The summed E-state index contributed by atoms with van der Waals surface area (Å²) in [6, 6.07) is 2.46. The van der Waals surface area contributed by atoms with Crippen molar-refractivity contribution in [3.05, 3.63) is 35.9 Å². The van der Waals surface area contributed by atoms with Gasteiger partial charge in [-0.25, -0.2) is 0 Å². The highest BCUT2D eigenvalue weighted by Crippen LogP contribution is 2.23. The average molecular weight is 785 g/mol. The van der Waals surface area contributed by atoms with Crippen LogP contribution in [0, 0.1) is 5.92 Å². The maximum absolute atomic E-state index is 13.7. The molecule has 19 nitrogen and oxygen atoms in total. The van der Waals surface area contributed by atoms with E-state index in [1.165, 1.54) is 6.92 Å². The molecule has 2 aliphatic rings. The number of hydrogen-bond acceptors (Lipinski definition) is 10. The molecule has 56 heavy (non-hydrogen) atoms. The van der Waals surface area contributed by atoms with E-state index in [1.54, 1.807) is 30.3 Å². The molecule has 0 spiro atoms. The largest absolute Gasteiger partial charge is 0.368 e. The lowest BCUT2D eigenvalue weighted by molar-refractivity contribution is -0.135. The summed E-state index contributed by atoms with van der Waals surface area (Å²) in [5.74, 6) is -6.54. The van der Waals surface area contributed by atoms with E-state index >= 15 is 0 Å². The van der Waals surface area contributed by atoms with E-state index in [1.807, 2.05) is 0 Å². The van der Waals surface area contributed by atoms with Crippen LogP contribution in [-0.4, -0.2) is 110 Å². The van der Waals surface area contributed by atoms with Crippen molar-refractivity contribution in [1.29, 1.82) is 0 Å². The second-order valence-corrected chi connectivity index (χ2v) is 14.1. The Kier molecular flexibility index (Phi) is 18.7. The molecule has 2 fully saturated rings. The highest BCUT2D eigenvalue weighted by Gasteiger charge is 2.32. The van der Waals surface area contributed by atoms with Crippen molar-refractivity contribution in [1.82, 2.24) is 42.5 Å². The SMILES string of the molecule is C[C@@H]1NC(=O)CNC(=O)C(Cc2ccccc2)NC(=O)[C@H](CCN)NC(=O)C(NC(=O)CNC(=O)C2CCCCC2)CC(=O)NCCCCC(C(N)=O)NC1=O. The van der Waals surface area contributed by atoms with E-state index in [9.17, 15) is 43.2 Å². The molecule has 1 aromatic rings. The van der Waals surface area contributed by atoms with Gasteiger partial charge in [-0.15, -0.1) is 0 Å². The van der Waals surface area contributed by atoms with Gasteiger partial charge in [0.15, 0.2) is 0 Å². The molecule has 3 unspecified atom stereocenters. The monoisotopic (exact) mass is 784 g/mol. The molecule has 0 aromatic heterocycles. The van der Waals surface area contributed by atoms with E-state index in [0.717, 1.165) is 19.3 Å². The quantitative estimate of drug-likeness (QED) is 0.121. The Hall–Kier alpha value is -5.59. The highest BCUT2D eigenvalue weighted by atomic mass is 16.2. The van der Waals surface area contributed by atoms with Crippen molar-refractivity contribution in [3.8, 4) is 0 Å². The van der Waals surface area contributed by atoms with Crippen LogP contribution in [0.5, 0.6) is 0 Å². The van der Waals surface area contributed by atoms with Gasteiger partial charge < -0.3 is 54.0 Å². The molecule has 12 N–H and O–H groups in total. The summed E-state index contributed by atoms with van der Waals surface area (Å²) in [7, 11) is 0. The fourth-order valence-corrected chi connectivity index (χ4v) is 6.36. The predicted octanol–water partition coefficient (Wildman–Crippen LogP) is -2.99. The van der Waals surface area contributed by atoms with Gasteiger partial charge in [0.1, 0.15) is 30.2 Å². The Bertz CT molecular complexity index is 1550. The number of hydrogen-bond donors (Lipinski definition) is 10. The Morgan fingerprint density at radius 1 is 0.750 bits per heavy atom. The second kappa shape index (κ2) is 23.4. The van der Waals surface area contributed by atoms with Crippen LogP contribution in [0.2, 0.25) is 0 Å². The van der Waals surface area contributed by atoms with E-state index in [-0.39, 0.29) is 44.2 Å². The van der Waals surface area contributed by atoms with Crippen LogP contribution in [0.4, 0.5) is 0 Å². The van der Waals surface area contributed by atoms with Gasteiger partial charge in [0, 0.05) is 18.9 Å². The van der Waals surface area contributed by atoms with E-state index in [2.05, 4.69) is 42.5 Å². The minimum atomic E-state index is -1.48. The summed E-state index contributed by atoms with van der Waals surface area (Å²) in [5, 5.41) is 20.3. The summed E-state index contributed by atoms with van der Waals surface area (Å²) in [5.41, 5.74) is 11.9. The number of amides is 9. The molecule has 19 heteroatoms. The maximum Gasteiger partial charge on any atom is 0.243 e. The van der Waals surface area contributed by atoms with Gasteiger partial charge in [-0.05, 0) is 57.6 Å². The molecule has 308 valence electrons. The van der Waals surface area contributed by atoms with Crippen LogP contribution in [0.3, 0.4) is 0 Å². The molecule has 5 atom stereocenters. The van der Waals surface area contributed by atoms with Gasteiger partial charge in [-0.1, -0.05) is 49.6 Å². The minimum Gasteiger partial charge on any atom is -0.368 e. The number of primary amides is 1. The van der Waals surface area contributed by atoms with Crippen LogP contribution < -0.4 is 54.0 Å². The molecule has 1 saturated heterocycles. The topological polar surface area (TPSA) is 302 Å². The molecule has 3 rings (SSSR count). The number of carbonyl (C=O) groups excluding carboxylic acids is 9. The van der Waals surface area contributed by atoms with Crippen LogP contribution in [0.15, 0.2) is 30.3 Å². The molecular weight excluding hydrogens is 728 g/mol. The number of carbonyl (C=O) groups is 9. The Morgan fingerprint density at radius 2 is 1.43 bits per heavy atom. The van der Waals surface area contributed by atoms with E-state index in [4.69, 9.17) is 11.5 Å². The lowest BCUT2D eigenvalue weighted by atomic mass is 9.89. The molecule has 0 radical (unpaired) electrons. The standard InChI is InChI=1S/C37H56N10O9/c1-22-33(52)45-25(32(39)51)14-8-9-17-40-29(48)19-28(44-31(50)21-41-34(53)24-12-6-3-7-13-24)37(56)46-26(15-16-38)36(55)47-27(18-23-10-4-2-5-11-23)35(54)42-20-30(49)43-22/h2,4-5,10-11,22,24-28H,3,6-9,12-21,38H2,1H3,(H2,39,51)(H,40,48)(H,41,53)(H,42,54)(H,43,49)(H,44,50)(H,45,52)(H,46,56)(H,47,55)/t22-,25?,26-,27?,28?/m0/s1. The molecule has 0 bridgehead atoms. The first-order valence-corrected chi connectivity index (χ1v) is 19.1. The molecule has 1 saturated carbocycles. The Labute approximate surface area is 325 Å². The average Bonchev–Trinajstić information content (AvgIpc) is 3.17. The molecule has 1 aromatic carbocycles. The fourth-order valence-electron chi connectivity index (χ4n) is 6.36. The van der Waals surface area contributed by atoms with Crippen LogP contribution >= 0.6 is 0 Å². The first kappa shape index (κ1) is 44.8. The Balaban J connectivity index is 1.84. The van der Waals surface area contributed by atoms with Crippen molar-refractivity contribution in [2.75, 3.05) is 26.2 Å². The number of nitrogens with two attached hydrogens (primary N) is 2. The van der Waals surface area contributed by atoms with Crippen molar-refractivity contribution < 1.29 is 43.2 Å². The van der Waals surface area contributed by atoms with Crippen molar-refractivity contribution in [2.24, 2.45) is 17.4 Å². The molecular formula is C37H56N10O9. The number of benzene rings is 1. The zero-order chi connectivity index (χ0) is 41.0. The third-order valence-corrected chi connectivity index (χ3v) is 9.54. The third kappa shape index (κ3) is 15.6. The summed E-state index contributed by atoms with van der Waals surface area (Å²) < 4.78 is 0. The lowest BCUT2D eigenvalue weighted by Crippen LogP contribution is -2.59. The highest BCUT2D eigenvalue weighted by molar-refractivity contribution is 5.97. The van der Waals surface area contributed by atoms with Gasteiger partial charge in [0.2, 0.25) is 53.2 Å². The molecule has 9 amide bonds. The summed E-state index contributed by atoms with van der Waals surface area (Å²) >= 11 is 0.